The summed E-state index contributed by atoms with van der Waals surface area (Å²) in [5.41, 5.74) is 0.305. The third-order valence-corrected chi connectivity index (χ3v) is 6.22. The predicted molar refractivity (Wildman–Crippen MR) is 104 cm³/mol. The van der Waals surface area contributed by atoms with Crippen LogP contribution in [0.2, 0.25) is 0 Å². The molecular weight excluding hydrogens is 384 g/mol. The zero-order chi connectivity index (χ0) is 19.4. The first-order valence-electron chi connectivity index (χ1n) is 8.28. The number of nitrogens with one attached hydrogen (secondary N) is 1. The van der Waals surface area contributed by atoms with Crippen LogP contribution in [0.25, 0.3) is 0 Å². The number of carbonyl (C=O) groups excluding carboxylic acids is 1. The number of rotatable bonds is 7. The van der Waals surface area contributed by atoms with Crippen molar-refractivity contribution < 1.29 is 17.6 Å². The van der Waals surface area contributed by atoms with Crippen LogP contribution in [0.1, 0.15) is 26.8 Å². The van der Waals surface area contributed by atoms with Crippen LogP contribution < -0.4 is 4.72 Å². The van der Waals surface area contributed by atoms with Crippen molar-refractivity contribution in [3.8, 4) is 0 Å². The van der Waals surface area contributed by atoms with Crippen molar-refractivity contribution in [1.82, 2.24) is 9.62 Å². The molecule has 3 rings (SSSR count). The highest BCUT2D eigenvalue weighted by atomic mass is 32.2. The Kier molecular flexibility index (Phi) is 5.79. The first-order chi connectivity index (χ1) is 12.8. The lowest BCUT2D eigenvalue weighted by atomic mass is 10.2. The molecule has 1 amide bonds. The van der Waals surface area contributed by atoms with Gasteiger partial charge in [0.15, 0.2) is 0 Å². The number of hydrogen-bond donors (Lipinski definition) is 1. The molecule has 0 fully saturated rings. The van der Waals surface area contributed by atoms with Crippen molar-refractivity contribution in [3.05, 3.63) is 75.9 Å². The van der Waals surface area contributed by atoms with Crippen molar-refractivity contribution >= 4 is 27.3 Å². The van der Waals surface area contributed by atoms with Crippen LogP contribution in [0.3, 0.4) is 0 Å². The first kappa shape index (κ1) is 19.3. The number of hydrogen-bond acceptors (Lipinski definition) is 5. The molecule has 142 valence electrons. The number of furan rings is 1. The Hall–Kier alpha value is -2.42. The standard InChI is InChI=1S/C19H20N2O4S2/c1-14-8-9-16(25-14)13-21(2)19(22)15-5-3-7-18(11-15)27(23,24)20-12-17-6-4-10-26-17/h3-11,20H,12-13H2,1-2H3. The van der Waals surface area contributed by atoms with Gasteiger partial charge in [0.05, 0.1) is 11.4 Å². The van der Waals surface area contributed by atoms with Gasteiger partial charge in [-0.15, -0.1) is 11.3 Å². The molecule has 1 N–H and O–H groups in total. The Bertz CT molecular complexity index is 1020. The second-order valence-electron chi connectivity index (χ2n) is 6.11. The zero-order valence-corrected chi connectivity index (χ0v) is 16.6. The van der Waals surface area contributed by atoms with Gasteiger partial charge in [0, 0.05) is 24.0 Å². The second kappa shape index (κ2) is 8.08. The van der Waals surface area contributed by atoms with Crippen LogP contribution in [-0.4, -0.2) is 26.3 Å². The minimum Gasteiger partial charge on any atom is -0.464 e. The molecule has 8 heteroatoms. The highest BCUT2D eigenvalue weighted by Crippen LogP contribution is 2.16. The summed E-state index contributed by atoms with van der Waals surface area (Å²) >= 11 is 1.48. The van der Waals surface area contributed by atoms with Gasteiger partial charge in [-0.05, 0) is 48.7 Å². The first-order valence-corrected chi connectivity index (χ1v) is 10.6. The van der Waals surface area contributed by atoms with E-state index in [1.165, 1.54) is 28.4 Å². The quantitative estimate of drug-likeness (QED) is 0.655. The second-order valence-corrected chi connectivity index (χ2v) is 8.90. The van der Waals surface area contributed by atoms with E-state index in [-0.39, 0.29) is 17.3 Å². The molecule has 0 aliphatic heterocycles. The van der Waals surface area contributed by atoms with Crippen LogP contribution >= 0.6 is 11.3 Å². The molecule has 0 aliphatic carbocycles. The fourth-order valence-electron chi connectivity index (χ4n) is 2.55. The third kappa shape index (κ3) is 4.85. The van der Waals surface area contributed by atoms with Gasteiger partial charge in [0.2, 0.25) is 10.0 Å². The van der Waals surface area contributed by atoms with E-state index in [9.17, 15) is 13.2 Å². The van der Waals surface area contributed by atoms with Crippen molar-refractivity contribution in [1.29, 1.82) is 0 Å². The van der Waals surface area contributed by atoms with E-state index >= 15 is 0 Å². The lowest BCUT2D eigenvalue weighted by Crippen LogP contribution is -2.27. The zero-order valence-electron chi connectivity index (χ0n) is 15.0. The average Bonchev–Trinajstić information content (AvgIpc) is 3.31. The molecule has 2 heterocycles. The van der Waals surface area contributed by atoms with E-state index in [4.69, 9.17) is 4.42 Å². The number of nitrogens with zero attached hydrogens (tertiary/aromatic N) is 1. The van der Waals surface area contributed by atoms with Crippen molar-refractivity contribution in [2.24, 2.45) is 0 Å². The topological polar surface area (TPSA) is 79.6 Å². The molecule has 3 aromatic rings. The van der Waals surface area contributed by atoms with Crippen molar-refractivity contribution in [2.45, 2.75) is 24.9 Å². The van der Waals surface area contributed by atoms with Crippen molar-refractivity contribution in [3.63, 3.8) is 0 Å². The summed E-state index contributed by atoms with van der Waals surface area (Å²) in [6.45, 7) is 2.36. The number of sulfonamides is 1. The van der Waals surface area contributed by atoms with E-state index in [2.05, 4.69) is 4.72 Å². The van der Waals surface area contributed by atoms with Crippen LogP contribution in [0.15, 0.2) is 63.2 Å². The molecule has 0 bridgehead atoms. The largest absolute Gasteiger partial charge is 0.464 e. The summed E-state index contributed by atoms with van der Waals surface area (Å²) in [6.07, 6.45) is 0. The molecule has 0 spiro atoms. The van der Waals surface area contributed by atoms with Crippen LogP contribution in [-0.2, 0) is 23.1 Å². The molecular formula is C19H20N2O4S2. The van der Waals surface area contributed by atoms with Crippen LogP contribution in [0.5, 0.6) is 0 Å². The summed E-state index contributed by atoms with van der Waals surface area (Å²) in [7, 11) is -2.06. The molecule has 0 saturated heterocycles. The molecule has 1 aromatic carbocycles. The summed E-state index contributed by atoms with van der Waals surface area (Å²) in [6, 6.07) is 13.4. The lowest BCUT2D eigenvalue weighted by molar-refractivity contribution is 0.0774. The number of carbonyl (C=O) groups is 1. The summed E-state index contributed by atoms with van der Waals surface area (Å²) in [5.74, 6) is 1.17. The Balaban J connectivity index is 1.72. The lowest BCUT2D eigenvalue weighted by Gasteiger charge is -2.16. The van der Waals surface area contributed by atoms with E-state index in [0.717, 1.165) is 10.6 Å². The van der Waals surface area contributed by atoms with E-state index in [1.807, 2.05) is 36.6 Å². The average molecular weight is 405 g/mol. The summed E-state index contributed by atoms with van der Waals surface area (Å²) < 4.78 is 33.1. The van der Waals surface area contributed by atoms with Gasteiger partial charge in [-0.3, -0.25) is 4.79 Å². The normalized spacial score (nSPS) is 11.5. The van der Waals surface area contributed by atoms with E-state index in [0.29, 0.717) is 17.9 Å². The SMILES string of the molecule is Cc1ccc(CN(C)C(=O)c2cccc(S(=O)(=O)NCc3cccs3)c2)o1. The minimum atomic E-state index is -3.71. The Morgan fingerprint density at radius 2 is 2.00 bits per heavy atom. The number of benzene rings is 1. The van der Waals surface area contributed by atoms with Gasteiger partial charge in [-0.25, -0.2) is 13.1 Å². The Morgan fingerprint density at radius 1 is 1.19 bits per heavy atom. The van der Waals surface area contributed by atoms with Crippen LogP contribution in [0.4, 0.5) is 0 Å². The fourth-order valence-corrected chi connectivity index (χ4v) is 4.34. The molecule has 0 radical (unpaired) electrons. The maximum atomic E-state index is 12.7. The highest BCUT2D eigenvalue weighted by molar-refractivity contribution is 7.89. The number of thiophene rings is 1. The molecule has 0 atom stereocenters. The third-order valence-electron chi connectivity index (χ3n) is 3.94. The molecule has 2 aromatic heterocycles. The smallest absolute Gasteiger partial charge is 0.254 e. The maximum Gasteiger partial charge on any atom is 0.254 e. The van der Waals surface area contributed by atoms with E-state index < -0.39 is 10.0 Å². The van der Waals surface area contributed by atoms with Gasteiger partial charge in [-0.2, -0.15) is 0 Å². The minimum absolute atomic E-state index is 0.0622. The Labute approximate surface area is 162 Å². The Morgan fingerprint density at radius 3 is 2.67 bits per heavy atom. The molecule has 0 aliphatic rings. The number of aryl methyl sites for hydroxylation is 1. The van der Waals surface area contributed by atoms with Gasteiger partial charge >= 0.3 is 0 Å². The molecule has 6 nitrogen and oxygen atoms in total. The van der Waals surface area contributed by atoms with E-state index in [1.54, 1.807) is 19.2 Å². The van der Waals surface area contributed by atoms with Gasteiger partial charge in [-0.1, -0.05) is 12.1 Å². The summed E-state index contributed by atoms with van der Waals surface area (Å²) in [4.78, 5) is 15.1. The molecule has 27 heavy (non-hydrogen) atoms. The summed E-state index contributed by atoms with van der Waals surface area (Å²) in [5, 5.41) is 1.89. The predicted octanol–water partition coefficient (Wildman–Crippen LogP) is 3.40. The van der Waals surface area contributed by atoms with Gasteiger partial charge < -0.3 is 9.32 Å². The van der Waals surface area contributed by atoms with Gasteiger partial charge in [0.25, 0.3) is 5.91 Å². The fraction of sp³-hybridized carbons (Fsp3) is 0.211. The van der Waals surface area contributed by atoms with Crippen molar-refractivity contribution in [2.75, 3.05) is 7.05 Å². The monoisotopic (exact) mass is 404 g/mol. The maximum absolute atomic E-state index is 12.7. The van der Waals surface area contributed by atoms with Gasteiger partial charge in [0.1, 0.15) is 11.5 Å². The number of amides is 1. The molecule has 0 saturated carbocycles. The highest BCUT2D eigenvalue weighted by Gasteiger charge is 2.19. The molecule has 0 unspecified atom stereocenters. The van der Waals surface area contributed by atoms with Crippen LogP contribution in [0, 0.1) is 6.92 Å².